The summed E-state index contributed by atoms with van der Waals surface area (Å²) in [4.78, 5) is 9.77. The highest BCUT2D eigenvalue weighted by atomic mass is 19.4. The van der Waals surface area contributed by atoms with Crippen LogP contribution in [-0.2, 0) is 6.18 Å². The zero-order chi connectivity index (χ0) is 11.8. The highest BCUT2D eigenvalue weighted by Gasteiger charge is 2.35. The molecular weight excluding hydrogens is 211 g/mol. The lowest BCUT2D eigenvalue weighted by atomic mass is 10.0. The van der Waals surface area contributed by atoms with E-state index in [4.69, 9.17) is 0 Å². The van der Waals surface area contributed by atoms with Crippen molar-refractivity contribution in [1.29, 1.82) is 0 Å². The van der Waals surface area contributed by atoms with Gasteiger partial charge in [-0.05, 0) is 19.9 Å². The SMILES string of the molecule is Cc1ccc(C(F)(F)F)c(C)c1[N+](=O)[O-]. The van der Waals surface area contributed by atoms with Crippen LogP contribution in [-0.4, -0.2) is 4.92 Å². The fourth-order valence-corrected chi connectivity index (χ4v) is 1.42. The summed E-state index contributed by atoms with van der Waals surface area (Å²) < 4.78 is 37.2. The summed E-state index contributed by atoms with van der Waals surface area (Å²) in [6, 6.07) is 1.96. The van der Waals surface area contributed by atoms with Crippen LogP contribution in [0, 0.1) is 24.0 Å². The quantitative estimate of drug-likeness (QED) is 0.537. The highest BCUT2D eigenvalue weighted by molar-refractivity contribution is 5.51. The number of nitro groups is 1. The van der Waals surface area contributed by atoms with Crippen LogP contribution in [0.5, 0.6) is 0 Å². The molecule has 0 saturated heterocycles. The smallest absolute Gasteiger partial charge is 0.258 e. The number of aryl methyl sites for hydroxylation is 1. The van der Waals surface area contributed by atoms with E-state index in [1.54, 1.807) is 0 Å². The summed E-state index contributed by atoms with van der Waals surface area (Å²) in [7, 11) is 0. The van der Waals surface area contributed by atoms with Crippen molar-refractivity contribution in [3.63, 3.8) is 0 Å². The predicted octanol–water partition coefficient (Wildman–Crippen LogP) is 3.23. The minimum Gasteiger partial charge on any atom is -0.258 e. The largest absolute Gasteiger partial charge is 0.416 e. The van der Waals surface area contributed by atoms with E-state index in [1.807, 2.05) is 0 Å². The van der Waals surface area contributed by atoms with Gasteiger partial charge in [-0.1, -0.05) is 6.07 Å². The van der Waals surface area contributed by atoms with Crippen molar-refractivity contribution in [2.45, 2.75) is 20.0 Å². The van der Waals surface area contributed by atoms with Crippen LogP contribution in [0.1, 0.15) is 16.7 Å². The Balaban J connectivity index is 3.49. The van der Waals surface area contributed by atoms with Gasteiger partial charge in [-0.2, -0.15) is 13.2 Å². The molecule has 15 heavy (non-hydrogen) atoms. The molecule has 0 aromatic heterocycles. The predicted molar refractivity (Wildman–Crippen MR) is 47.6 cm³/mol. The molecule has 6 heteroatoms. The molecule has 0 aliphatic heterocycles. The van der Waals surface area contributed by atoms with Crippen LogP contribution in [0.25, 0.3) is 0 Å². The van der Waals surface area contributed by atoms with E-state index in [0.717, 1.165) is 19.1 Å². The number of nitro benzene ring substituents is 1. The molecule has 0 N–H and O–H groups in total. The van der Waals surface area contributed by atoms with E-state index >= 15 is 0 Å². The maximum Gasteiger partial charge on any atom is 0.416 e. The standard InChI is InChI=1S/C9H8F3NO2/c1-5-3-4-7(9(10,11)12)6(2)8(5)13(14)15/h3-4H,1-2H3. The lowest BCUT2D eigenvalue weighted by Gasteiger charge is -2.11. The second kappa shape index (κ2) is 3.52. The number of halogens is 3. The Morgan fingerprint density at radius 1 is 1.27 bits per heavy atom. The Bertz CT molecular complexity index is 413. The fraction of sp³-hybridized carbons (Fsp3) is 0.333. The van der Waals surface area contributed by atoms with Crippen molar-refractivity contribution >= 4 is 5.69 Å². The van der Waals surface area contributed by atoms with E-state index in [1.165, 1.54) is 6.92 Å². The molecule has 0 aliphatic carbocycles. The Morgan fingerprint density at radius 2 is 1.80 bits per heavy atom. The molecule has 1 aromatic rings. The topological polar surface area (TPSA) is 43.1 Å². The monoisotopic (exact) mass is 219 g/mol. The molecule has 0 atom stereocenters. The van der Waals surface area contributed by atoms with Gasteiger partial charge in [-0.15, -0.1) is 0 Å². The van der Waals surface area contributed by atoms with Crippen molar-refractivity contribution in [3.05, 3.63) is 38.9 Å². The summed E-state index contributed by atoms with van der Waals surface area (Å²) in [6.07, 6.45) is -4.55. The third-order valence-electron chi connectivity index (χ3n) is 2.12. The molecule has 0 saturated carbocycles. The van der Waals surface area contributed by atoms with Crippen LogP contribution in [0.2, 0.25) is 0 Å². The summed E-state index contributed by atoms with van der Waals surface area (Å²) in [5, 5.41) is 10.6. The third-order valence-corrected chi connectivity index (χ3v) is 2.12. The van der Waals surface area contributed by atoms with E-state index in [2.05, 4.69) is 0 Å². The molecule has 0 amide bonds. The van der Waals surface area contributed by atoms with Gasteiger partial charge in [-0.3, -0.25) is 10.1 Å². The molecule has 3 nitrogen and oxygen atoms in total. The molecule has 0 heterocycles. The number of hydrogen-bond donors (Lipinski definition) is 0. The Kier molecular flexibility index (Phi) is 2.70. The Morgan fingerprint density at radius 3 is 2.20 bits per heavy atom. The van der Waals surface area contributed by atoms with Gasteiger partial charge >= 0.3 is 6.18 Å². The van der Waals surface area contributed by atoms with Gasteiger partial charge in [0.1, 0.15) is 0 Å². The van der Waals surface area contributed by atoms with Crippen LogP contribution >= 0.6 is 0 Å². The minimum atomic E-state index is -4.55. The zero-order valence-electron chi connectivity index (χ0n) is 8.05. The molecule has 0 aliphatic rings. The lowest BCUT2D eigenvalue weighted by Crippen LogP contribution is -2.09. The molecule has 0 unspecified atom stereocenters. The molecule has 1 aromatic carbocycles. The van der Waals surface area contributed by atoms with Crippen molar-refractivity contribution in [3.8, 4) is 0 Å². The number of alkyl halides is 3. The van der Waals surface area contributed by atoms with E-state index in [-0.39, 0.29) is 11.1 Å². The molecule has 82 valence electrons. The minimum absolute atomic E-state index is 0.227. The van der Waals surface area contributed by atoms with Gasteiger partial charge in [0, 0.05) is 11.1 Å². The average Bonchev–Trinajstić information content (AvgIpc) is 2.00. The third kappa shape index (κ3) is 2.08. The molecule has 0 fully saturated rings. The first-order chi connectivity index (χ1) is 6.75. The second-order valence-corrected chi connectivity index (χ2v) is 3.16. The van der Waals surface area contributed by atoms with E-state index < -0.39 is 22.4 Å². The number of benzene rings is 1. The Labute approximate surface area is 83.7 Å². The molecule has 0 spiro atoms. The molecule has 0 radical (unpaired) electrons. The van der Waals surface area contributed by atoms with Gasteiger partial charge in [-0.25, -0.2) is 0 Å². The van der Waals surface area contributed by atoms with Crippen molar-refractivity contribution < 1.29 is 18.1 Å². The first kappa shape index (κ1) is 11.5. The summed E-state index contributed by atoms with van der Waals surface area (Å²) in [6.45, 7) is 2.51. The maximum atomic E-state index is 12.4. The average molecular weight is 219 g/mol. The van der Waals surface area contributed by atoms with Crippen molar-refractivity contribution in [2.75, 3.05) is 0 Å². The molecular formula is C9H8F3NO2. The van der Waals surface area contributed by atoms with Crippen molar-refractivity contribution in [1.82, 2.24) is 0 Å². The summed E-state index contributed by atoms with van der Waals surface area (Å²) >= 11 is 0. The molecule has 0 bridgehead atoms. The lowest BCUT2D eigenvalue weighted by molar-refractivity contribution is -0.386. The van der Waals surface area contributed by atoms with Crippen LogP contribution < -0.4 is 0 Å². The van der Waals surface area contributed by atoms with Gasteiger partial charge < -0.3 is 0 Å². The number of rotatable bonds is 1. The Hall–Kier alpha value is -1.59. The van der Waals surface area contributed by atoms with Crippen LogP contribution in [0.15, 0.2) is 12.1 Å². The van der Waals surface area contributed by atoms with Gasteiger partial charge in [0.2, 0.25) is 0 Å². The zero-order valence-corrected chi connectivity index (χ0v) is 8.05. The van der Waals surface area contributed by atoms with Crippen molar-refractivity contribution in [2.24, 2.45) is 0 Å². The summed E-state index contributed by atoms with van der Waals surface area (Å²) in [5.74, 6) is 0. The molecule has 1 rings (SSSR count). The summed E-state index contributed by atoms with van der Waals surface area (Å²) in [5.41, 5.74) is -1.54. The second-order valence-electron chi connectivity index (χ2n) is 3.16. The highest BCUT2D eigenvalue weighted by Crippen LogP contribution is 2.36. The normalized spacial score (nSPS) is 11.5. The van der Waals surface area contributed by atoms with E-state index in [0.29, 0.717) is 0 Å². The van der Waals surface area contributed by atoms with Gasteiger partial charge in [0.25, 0.3) is 5.69 Å². The first-order valence-corrected chi connectivity index (χ1v) is 4.07. The van der Waals surface area contributed by atoms with Gasteiger partial charge in [0.05, 0.1) is 10.5 Å². The van der Waals surface area contributed by atoms with E-state index in [9.17, 15) is 23.3 Å². The number of nitrogens with zero attached hydrogens (tertiary/aromatic N) is 1. The first-order valence-electron chi connectivity index (χ1n) is 4.07. The maximum absolute atomic E-state index is 12.4. The fourth-order valence-electron chi connectivity index (χ4n) is 1.42. The number of hydrogen-bond acceptors (Lipinski definition) is 2. The van der Waals surface area contributed by atoms with Gasteiger partial charge in [0.15, 0.2) is 0 Å². The van der Waals surface area contributed by atoms with Crippen LogP contribution in [0.3, 0.4) is 0 Å². The van der Waals surface area contributed by atoms with Crippen LogP contribution in [0.4, 0.5) is 18.9 Å².